The van der Waals surface area contributed by atoms with Gasteiger partial charge in [-0.15, -0.1) is 0 Å². The molecule has 1 amide bonds. The number of nitrogens with zero attached hydrogens (tertiary/aromatic N) is 1. The number of carbonyl (C=O) groups is 1. The van der Waals surface area contributed by atoms with Gasteiger partial charge in [0.1, 0.15) is 0 Å². The molecular formula is C9H12BrNO2. The fraction of sp³-hybridized carbons (Fsp3) is 0.667. The Morgan fingerprint density at radius 2 is 2.31 bits per heavy atom. The molecule has 1 heterocycles. The van der Waals surface area contributed by atoms with Crippen LogP contribution in [-0.2, 0) is 9.53 Å². The molecule has 0 atom stereocenters. The lowest BCUT2D eigenvalue weighted by Crippen LogP contribution is -2.50. The standard InChI is InChI=1S/C9H12BrNO2/c1-9(2)7-11(5-6-13-9)8(12)3-4-10/h5-7H2,1-2H3. The van der Waals surface area contributed by atoms with Gasteiger partial charge in [0.2, 0.25) is 0 Å². The van der Waals surface area contributed by atoms with E-state index in [1.54, 1.807) is 4.90 Å². The second-order valence-corrected chi connectivity index (χ2v) is 3.95. The maximum Gasteiger partial charge on any atom is 0.299 e. The lowest BCUT2D eigenvalue weighted by Gasteiger charge is -2.37. The van der Waals surface area contributed by atoms with Gasteiger partial charge in [-0.05, 0) is 18.7 Å². The summed E-state index contributed by atoms with van der Waals surface area (Å²) >= 11 is 2.91. The highest BCUT2D eigenvalue weighted by Gasteiger charge is 2.29. The van der Waals surface area contributed by atoms with Crippen LogP contribution in [0.15, 0.2) is 0 Å². The predicted molar refractivity (Wildman–Crippen MR) is 53.3 cm³/mol. The number of halogens is 1. The molecule has 1 rings (SSSR count). The SMILES string of the molecule is CC1(C)CN(C(=O)C#CBr)CCO1. The first-order chi connectivity index (χ1) is 6.05. The molecule has 0 unspecified atom stereocenters. The van der Waals surface area contributed by atoms with Crippen molar-refractivity contribution < 1.29 is 9.53 Å². The van der Waals surface area contributed by atoms with Crippen molar-refractivity contribution >= 4 is 21.8 Å². The summed E-state index contributed by atoms with van der Waals surface area (Å²) in [6, 6.07) is 0. The van der Waals surface area contributed by atoms with E-state index in [4.69, 9.17) is 4.74 Å². The van der Waals surface area contributed by atoms with E-state index in [2.05, 4.69) is 26.7 Å². The van der Waals surface area contributed by atoms with Crippen molar-refractivity contribution in [3.63, 3.8) is 0 Å². The lowest BCUT2D eigenvalue weighted by atomic mass is 10.1. The van der Waals surface area contributed by atoms with Crippen LogP contribution < -0.4 is 0 Å². The third kappa shape index (κ3) is 3.02. The van der Waals surface area contributed by atoms with E-state index < -0.39 is 0 Å². The Kier molecular flexibility index (Phi) is 3.34. The summed E-state index contributed by atoms with van der Waals surface area (Å²) in [5.74, 6) is 2.31. The molecule has 0 bridgehead atoms. The van der Waals surface area contributed by atoms with Crippen LogP contribution in [0.4, 0.5) is 0 Å². The first kappa shape index (κ1) is 10.6. The van der Waals surface area contributed by atoms with Gasteiger partial charge < -0.3 is 9.64 Å². The normalized spacial score (nSPS) is 20.4. The number of rotatable bonds is 0. The molecule has 0 spiro atoms. The van der Waals surface area contributed by atoms with Gasteiger partial charge in [-0.3, -0.25) is 4.79 Å². The van der Waals surface area contributed by atoms with Crippen molar-refractivity contribution in [3.05, 3.63) is 0 Å². The maximum atomic E-state index is 11.4. The lowest BCUT2D eigenvalue weighted by molar-refractivity contribution is -0.140. The zero-order chi connectivity index (χ0) is 9.90. The Hall–Kier alpha value is -0.530. The first-order valence-electron chi connectivity index (χ1n) is 4.10. The van der Waals surface area contributed by atoms with Crippen molar-refractivity contribution in [1.82, 2.24) is 4.90 Å². The first-order valence-corrected chi connectivity index (χ1v) is 4.89. The molecule has 0 aliphatic carbocycles. The van der Waals surface area contributed by atoms with Gasteiger partial charge in [0.15, 0.2) is 0 Å². The average molecular weight is 246 g/mol. The zero-order valence-electron chi connectivity index (χ0n) is 7.76. The van der Waals surface area contributed by atoms with Crippen LogP contribution in [0.1, 0.15) is 13.8 Å². The molecule has 0 radical (unpaired) electrons. The molecule has 1 saturated heterocycles. The Bertz CT molecular complexity index is 265. The van der Waals surface area contributed by atoms with Crippen molar-refractivity contribution in [2.75, 3.05) is 19.7 Å². The van der Waals surface area contributed by atoms with E-state index in [0.717, 1.165) is 0 Å². The number of carbonyl (C=O) groups excluding carboxylic acids is 1. The molecule has 0 aromatic heterocycles. The van der Waals surface area contributed by atoms with Crippen molar-refractivity contribution in [2.24, 2.45) is 0 Å². The minimum Gasteiger partial charge on any atom is -0.372 e. The van der Waals surface area contributed by atoms with E-state index in [0.29, 0.717) is 19.7 Å². The van der Waals surface area contributed by atoms with Gasteiger partial charge in [0.05, 0.1) is 18.8 Å². The number of ether oxygens (including phenoxy) is 1. The summed E-state index contributed by atoms with van der Waals surface area (Å²) in [5, 5.41) is 0. The van der Waals surface area contributed by atoms with Crippen LogP contribution in [0, 0.1) is 10.8 Å². The molecule has 0 saturated carbocycles. The Labute approximate surface area is 86.6 Å². The van der Waals surface area contributed by atoms with E-state index in [-0.39, 0.29) is 11.5 Å². The smallest absolute Gasteiger partial charge is 0.299 e. The molecular weight excluding hydrogens is 234 g/mol. The topological polar surface area (TPSA) is 29.5 Å². The Morgan fingerprint density at radius 3 is 2.85 bits per heavy atom. The second kappa shape index (κ2) is 4.12. The van der Waals surface area contributed by atoms with E-state index in [1.165, 1.54) is 0 Å². The molecule has 1 aliphatic rings. The second-order valence-electron chi connectivity index (χ2n) is 3.55. The molecule has 1 aliphatic heterocycles. The third-order valence-electron chi connectivity index (χ3n) is 1.87. The Morgan fingerprint density at radius 1 is 1.62 bits per heavy atom. The van der Waals surface area contributed by atoms with Crippen LogP contribution >= 0.6 is 15.9 Å². The van der Waals surface area contributed by atoms with E-state index in [9.17, 15) is 4.79 Å². The zero-order valence-corrected chi connectivity index (χ0v) is 9.35. The fourth-order valence-electron chi connectivity index (χ4n) is 1.31. The van der Waals surface area contributed by atoms with Crippen molar-refractivity contribution in [3.8, 4) is 10.8 Å². The molecule has 0 aromatic rings. The Balaban J connectivity index is 2.60. The van der Waals surface area contributed by atoms with Gasteiger partial charge in [0.25, 0.3) is 5.91 Å². The van der Waals surface area contributed by atoms with Gasteiger partial charge in [-0.25, -0.2) is 0 Å². The molecule has 3 nitrogen and oxygen atoms in total. The average Bonchev–Trinajstić information content (AvgIpc) is 2.03. The van der Waals surface area contributed by atoms with Crippen LogP contribution in [0.2, 0.25) is 0 Å². The van der Waals surface area contributed by atoms with Crippen LogP contribution in [0.5, 0.6) is 0 Å². The highest BCUT2D eigenvalue weighted by atomic mass is 79.9. The van der Waals surface area contributed by atoms with Crippen LogP contribution in [-0.4, -0.2) is 36.1 Å². The fourth-order valence-corrected chi connectivity index (χ4v) is 1.48. The molecule has 1 fully saturated rings. The number of morpholine rings is 1. The molecule has 13 heavy (non-hydrogen) atoms. The van der Waals surface area contributed by atoms with Gasteiger partial charge in [-0.2, -0.15) is 0 Å². The maximum absolute atomic E-state index is 11.4. The summed E-state index contributed by atoms with van der Waals surface area (Å²) in [6.07, 6.45) is 0. The highest BCUT2D eigenvalue weighted by Crippen LogP contribution is 2.15. The molecule has 4 heteroatoms. The van der Waals surface area contributed by atoms with Crippen molar-refractivity contribution in [1.29, 1.82) is 0 Å². The molecule has 72 valence electrons. The molecule has 0 aromatic carbocycles. The molecule has 0 N–H and O–H groups in total. The highest BCUT2D eigenvalue weighted by molar-refractivity contribution is 9.12. The van der Waals surface area contributed by atoms with Crippen molar-refractivity contribution in [2.45, 2.75) is 19.4 Å². The van der Waals surface area contributed by atoms with Gasteiger partial charge in [-0.1, -0.05) is 0 Å². The van der Waals surface area contributed by atoms with Crippen LogP contribution in [0.3, 0.4) is 0 Å². The van der Waals surface area contributed by atoms with E-state index in [1.807, 2.05) is 13.8 Å². The minimum atomic E-state index is -0.248. The third-order valence-corrected chi connectivity index (χ3v) is 2.07. The number of hydrogen-bond donors (Lipinski definition) is 0. The predicted octanol–water partition coefficient (Wildman–Crippen LogP) is 0.980. The van der Waals surface area contributed by atoms with Gasteiger partial charge in [0, 0.05) is 28.4 Å². The summed E-state index contributed by atoms with van der Waals surface area (Å²) in [5.41, 5.74) is -0.248. The minimum absolute atomic E-state index is 0.145. The summed E-state index contributed by atoms with van der Waals surface area (Å²) in [7, 11) is 0. The quantitative estimate of drug-likeness (QED) is 0.596. The van der Waals surface area contributed by atoms with Gasteiger partial charge >= 0.3 is 0 Å². The van der Waals surface area contributed by atoms with Crippen LogP contribution in [0.25, 0.3) is 0 Å². The monoisotopic (exact) mass is 245 g/mol. The summed E-state index contributed by atoms with van der Waals surface area (Å²) in [4.78, 5) is 15.5. The largest absolute Gasteiger partial charge is 0.372 e. The number of hydrogen-bond acceptors (Lipinski definition) is 2. The summed E-state index contributed by atoms with van der Waals surface area (Å²) < 4.78 is 5.47. The number of amides is 1. The summed E-state index contributed by atoms with van der Waals surface area (Å²) in [6.45, 7) is 5.75. The van der Waals surface area contributed by atoms with E-state index >= 15 is 0 Å².